The van der Waals surface area contributed by atoms with E-state index in [1.54, 1.807) is 19.2 Å². The van der Waals surface area contributed by atoms with E-state index in [0.29, 0.717) is 11.5 Å². The highest BCUT2D eigenvalue weighted by molar-refractivity contribution is 5.91. The number of hydrogen-bond acceptors (Lipinski definition) is 5. The van der Waals surface area contributed by atoms with E-state index < -0.39 is 0 Å². The van der Waals surface area contributed by atoms with Gasteiger partial charge in [0.15, 0.2) is 5.69 Å². The molecule has 1 heterocycles. The molecular formula is C11H18N4O2. The van der Waals surface area contributed by atoms with Crippen LogP contribution in [0.3, 0.4) is 0 Å². The Labute approximate surface area is 100 Å². The maximum Gasteiger partial charge on any atom is 0.271 e. The SMILES string of the molecule is CNC(=O)c1ccc(NCCCCCO)nn1. The Morgan fingerprint density at radius 2 is 2.12 bits per heavy atom. The Morgan fingerprint density at radius 1 is 1.29 bits per heavy atom. The fourth-order valence-corrected chi connectivity index (χ4v) is 1.31. The van der Waals surface area contributed by atoms with Crippen LogP contribution in [0.4, 0.5) is 5.82 Å². The summed E-state index contributed by atoms with van der Waals surface area (Å²) in [5.74, 6) is 0.411. The number of anilines is 1. The lowest BCUT2D eigenvalue weighted by Gasteiger charge is -2.04. The highest BCUT2D eigenvalue weighted by Gasteiger charge is 2.04. The minimum Gasteiger partial charge on any atom is -0.396 e. The van der Waals surface area contributed by atoms with Crippen LogP contribution in [-0.4, -0.2) is 41.4 Å². The van der Waals surface area contributed by atoms with Crippen LogP contribution in [0.2, 0.25) is 0 Å². The van der Waals surface area contributed by atoms with E-state index in [1.807, 2.05) is 0 Å². The van der Waals surface area contributed by atoms with Gasteiger partial charge in [-0.1, -0.05) is 0 Å². The molecule has 0 radical (unpaired) electrons. The number of nitrogens with zero attached hydrogens (tertiary/aromatic N) is 2. The molecule has 0 saturated heterocycles. The first-order valence-corrected chi connectivity index (χ1v) is 5.68. The average molecular weight is 238 g/mol. The fraction of sp³-hybridized carbons (Fsp3) is 0.545. The maximum absolute atomic E-state index is 11.2. The van der Waals surface area contributed by atoms with E-state index in [0.717, 1.165) is 25.8 Å². The third kappa shape index (κ3) is 4.78. The van der Waals surface area contributed by atoms with E-state index in [4.69, 9.17) is 5.11 Å². The smallest absolute Gasteiger partial charge is 0.271 e. The monoisotopic (exact) mass is 238 g/mol. The van der Waals surface area contributed by atoms with Gasteiger partial charge in [0, 0.05) is 20.2 Å². The largest absolute Gasteiger partial charge is 0.396 e. The molecule has 0 saturated carbocycles. The Balaban J connectivity index is 2.33. The number of aliphatic hydroxyl groups excluding tert-OH is 1. The van der Waals surface area contributed by atoms with Crippen molar-refractivity contribution in [3.8, 4) is 0 Å². The molecule has 0 aromatic carbocycles. The normalized spacial score (nSPS) is 10.0. The van der Waals surface area contributed by atoms with Crippen molar-refractivity contribution < 1.29 is 9.90 Å². The third-order valence-electron chi connectivity index (χ3n) is 2.27. The molecule has 0 spiro atoms. The second-order valence-corrected chi connectivity index (χ2v) is 3.59. The quantitative estimate of drug-likeness (QED) is 0.599. The first-order chi connectivity index (χ1) is 8.27. The molecule has 0 atom stereocenters. The number of rotatable bonds is 7. The van der Waals surface area contributed by atoms with Crippen LogP contribution in [0, 0.1) is 0 Å². The van der Waals surface area contributed by atoms with Gasteiger partial charge in [0.2, 0.25) is 0 Å². The number of hydrogen-bond donors (Lipinski definition) is 3. The Bertz CT molecular complexity index is 340. The minimum absolute atomic E-state index is 0.237. The van der Waals surface area contributed by atoms with Crippen molar-refractivity contribution in [1.82, 2.24) is 15.5 Å². The standard InChI is InChI=1S/C11H18N4O2/c1-12-11(17)9-5-6-10(15-14-9)13-7-3-2-4-8-16/h5-6,16H,2-4,7-8H2,1H3,(H,12,17)(H,13,15). The van der Waals surface area contributed by atoms with E-state index in [9.17, 15) is 4.79 Å². The number of amides is 1. The van der Waals surface area contributed by atoms with Crippen LogP contribution in [-0.2, 0) is 0 Å². The summed E-state index contributed by atoms with van der Waals surface area (Å²) in [4.78, 5) is 11.2. The zero-order valence-electron chi connectivity index (χ0n) is 9.94. The van der Waals surface area contributed by atoms with E-state index in [-0.39, 0.29) is 12.5 Å². The summed E-state index contributed by atoms with van der Waals surface area (Å²) in [5.41, 5.74) is 0.304. The lowest BCUT2D eigenvalue weighted by molar-refractivity contribution is 0.0957. The van der Waals surface area contributed by atoms with Gasteiger partial charge in [-0.2, -0.15) is 0 Å². The van der Waals surface area contributed by atoms with Crippen LogP contribution >= 0.6 is 0 Å². The molecule has 94 valence electrons. The molecule has 1 aromatic heterocycles. The average Bonchev–Trinajstić information content (AvgIpc) is 2.38. The van der Waals surface area contributed by atoms with Crippen molar-refractivity contribution in [2.75, 3.05) is 25.5 Å². The van der Waals surface area contributed by atoms with Crippen LogP contribution in [0.5, 0.6) is 0 Å². The van der Waals surface area contributed by atoms with E-state index in [2.05, 4.69) is 20.8 Å². The van der Waals surface area contributed by atoms with Gasteiger partial charge in [-0.05, 0) is 31.4 Å². The zero-order valence-corrected chi connectivity index (χ0v) is 9.94. The molecule has 3 N–H and O–H groups in total. The molecule has 6 heteroatoms. The van der Waals surface area contributed by atoms with Crippen LogP contribution in [0.1, 0.15) is 29.8 Å². The first kappa shape index (κ1) is 13.4. The summed E-state index contributed by atoms with van der Waals surface area (Å²) in [6.45, 7) is 1.02. The number of aliphatic hydroxyl groups is 1. The van der Waals surface area contributed by atoms with Gasteiger partial charge in [-0.15, -0.1) is 10.2 Å². The molecule has 6 nitrogen and oxygen atoms in total. The van der Waals surface area contributed by atoms with Crippen molar-refractivity contribution in [3.63, 3.8) is 0 Å². The second-order valence-electron chi connectivity index (χ2n) is 3.59. The summed E-state index contributed by atoms with van der Waals surface area (Å²) in [7, 11) is 1.55. The number of carbonyl (C=O) groups excluding carboxylic acids is 1. The molecular weight excluding hydrogens is 220 g/mol. The van der Waals surface area contributed by atoms with Crippen molar-refractivity contribution in [2.45, 2.75) is 19.3 Å². The third-order valence-corrected chi connectivity index (χ3v) is 2.27. The zero-order chi connectivity index (χ0) is 12.5. The predicted octanol–water partition coefficient (Wildman–Crippen LogP) is 0.411. The highest BCUT2D eigenvalue weighted by Crippen LogP contribution is 2.03. The predicted molar refractivity (Wildman–Crippen MR) is 64.8 cm³/mol. The Kier molecular flexibility index (Phi) is 5.95. The molecule has 1 rings (SSSR count). The van der Waals surface area contributed by atoms with Gasteiger partial charge >= 0.3 is 0 Å². The van der Waals surface area contributed by atoms with E-state index in [1.165, 1.54) is 0 Å². The van der Waals surface area contributed by atoms with E-state index >= 15 is 0 Å². The minimum atomic E-state index is -0.244. The first-order valence-electron chi connectivity index (χ1n) is 5.68. The van der Waals surface area contributed by atoms with Crippen LogP contribution in [0.25, 0.3) is 0 Å². The highest BCUT2D eigenvalue weighted by atomic mass is 16.2. The number of unbranched alkanes of at least 4 members (excludes halogenated alkanes) is 2. The number of aromatic nitrogens is 2. The van der Waals surface area contributed by atoms with Gasteiger partial charge in [0.05, 0.1) is 0 Å². The molecule has 1 aromatic rings. The summed E-state index contributed by atoms with van der Waals surface area (Å²) in [6, 6.07) is 3.35. The summed E-state index contributed by atoms with van der Waals surface area (Å²) < 4.78 is 0. The maximum atomic E-state index is 11.2. The summed E-state index contributed by atoms with van der Waals surface area (Å²) in [6.07, 6.45) is 2.77. The van der Waals surface area contributed by atoms with Crippen LogP contribution < -0.4 is 10.6 Å². The molecule has 17 heavy (non-hydrogen) atoms. The van der Waals surface area contributed by atoms with Crippen molar-refractivity contribution >= 4 is 11.7 Å². The number of nitrogens with one attached hydrogen (secondary N) is 2. The molecule has 0 bridgehead atoms. The lowest BCUT2D eigenvalue weighted by atomic mass is 10.2. The van der Waals surface area contributed by atoms with Gasteiger partial charge in [-0.25, -0.2) is 0 Å². The van der Waals surface area contributed by atoms with Crippen molar-refractivity contribution in [3.05, 3.63) is 17.8 Å². The lowest BCUT2D eigenvalue weighted by Crippen LogP contribution is -2.19. The topological polar surface area (TPSA) is 87.1 Å². The van der Waals surface area contributed by atoms with Gasteiger partial charge in [0.1, 0.15) is 5.82 Å². The van der Waals surface area contributed by atoms with Crippen LogP contribution in [0.15, 0.2) is 12.1 Å². The Hall–Kier alpha value is -1.69. The van der Waals surface area contributed by atoms with Crippen molar-refractivity contribution in [1.29, 1.82) is 0 Å². The van der Waals surface area contributed by atoms with Crippen molar-refractivity contribution in [2.24, 2.45) is 0 Å². The summed E-state index contributed by atoms with van der Waals surface area (Å²) >= 11 is 0. The Morgan fingerprint density at radius 3 is 2.71 bits per heavy atom. The molecule has 0 aliphatic rings. The molecule has 0 unspecified atom stereocenters. The van der Waals surface area contributed by atoms with Gasteiger partial charge < -0.3 is 15.7 Å². The molecule has 0 aliphatic heterocycles. The number of carbonyl (C=O) groups is 1. The van der Waals surface area contributed by atoms with Gasteiger partial charge in [-0.3, -0.25) is 4.79 Å². The molecule has 0 fully saturated rings. The fourth-order valence-electron chi connectivity index (χ4n) is 1.31. The molecule has 1 amide bonds. The second kappa shape index (κ2) is 7.56. The van der Waals surface area contributed by atoms with Gasteiger partial charge in [0.25, 0.3) is 5.91 Å². The summed E-state index contributed by atoms with van der Waals surface area (Å²) in [5, 5.41) is 21.9. The molecule has 0 aliphatic carbocycles.